The third kappa shape index (κ3) is 9.72. The molecule has 1 unspecified atom stereocenters. The number of benzene rings is 2. The van der Waals surface area contributed by atoms with Crippen LogP contribution >= 0.6 is 0 Å². The molecule has 1 atom stereocenters. The van der Waals surface area contributed by atoms with E-state index in [0.29, 0.717) is 6.42 Å². The molecule has 0 aliphatic carbocycles. The van der Waals surface area contributed by atoms with Crippen LogP contribution in [0.15, 0.2) is 48.5 Å². The van der Waals surface area contributed by atoms with Gasteiger partial charge in [0, 0.05) is 36.1 Å². The molecule has 0 saturated carbocycles. The first kappa shape index (κ1) is 9.29. The number of aliphatic hydroxyl groups is 2. The molecule has 0 aromatic heterocycles. The molecule has 0 aliphatic heterocycles. The summed E-state index contributed by atoms with van der Waals surface area (Å²) in [5, 5.41) is 32.1. The molecule has 4 N–H and O–H groups in total. The van der Waals surface area contributed by atoms with Crippen LogP contribution < -0.4 is 5.32 Å². The molecule has 5 heteroatoms. The molecule has 2 aromatic rings. The summed E-state index contributed by atoms with van der Waals surface area (Å²) in [5.41, 5.74) is -2.02. The molecule has 0 heterocycles. The predicted molar refractivity (Wildman–Crippen MR) is 121 cm³/mol. The average Bonchev–Trinajstić information content (AvgIpc) is 2.89. The first-order valence-corrected chi connectivity index (χ1v) is 9.15. The van der Waals surface area contributed by atoms with E-state index in [1.54, 1.807) is 30.3 Å². The predicted octanol–water partition coefficient (Wildman–Crippen LogP) is 4.11. The van der Waals surface area contributed by atoms with Gasteiger partial charge in [-0.3, -0.25) is 0 Å². The smallest absolute Gasteiger partial charge is 0.121 e. The van der Waals surface area contributed by atoms with Crippen molar-refractivity contribution in [3.63, 3.8) is 0 Å². The Hall–Kier alpha value is -1.92. The summed E-state index contributed by atoms with van der Waals surface area (Å²) in [6, 6.07) is 4.80. The van der Waals surface area contributed by atoms with Crippen LogP contribution in [-0.4, -0.2) is 41.4 Å². The molecular formula is C25H37NO4. The van der Waals surface area contributed by atoms with Crippen molar-refractivity contribution in [2.45, 2.75) is 57.5 Å². The van der Waals surface area contributed by atoms with E-state index in [-0.39, 0.29) is 12.8 Å². The monoisotopic (exact) mass is 433 g/mol. The lowest BCUT2D eigenvalue weighted by Crippen LogP contribution is -2.22. The van der Waals surface area contributed by atoms with E-state index in [1.807, 2.05) is 0 Å². The largest absolute Gasteiger partial charge is 0.508 e. The molecule has 0 aliphatic rings. The van der Waals surface area contributed by atoms with Crippen molar-refractivity contribution in [3.8, 4) is 5.75 Å². The number of rotatable bonds is 16. The van der Waals surface area contributed by atoms with E-state index in [4.69, 9.17) is 29.4 Å². The van der Waals surface area contributed by atoms with Gasteiger partial charge in [0.2, 0.25) is 0 Å². The number of aromatic hydroxyl groups is 1. The average molecular weight is 434 g/mol. The maximum absolute atomic E-state index is 10.9. The Morgan fingerprint density at radius 2 is 1.87 bits per heavy atom. The number of phenols is 1. The Morgan fingerprint density at radius 1 is 1.07 bits per heavy atom. The Kier molecular flexibility index (Phi) is 4.63. The lowest BCUT2D eigenvalue weighted by Gasteiger charge is -2.14. The molecule has 2 aromatic carbocycles. The Morgan fingerprint density at radius 3 is 2.67 bits per heavy atom. The van der Waals surface area contributed by atoms with Crippen molar-refractivity contribution in [2.24, 2.45) is 0 Å². The second-order valence-corrected chi connectivity index (χ2v) is 5.85. The van der Waals surface area contributed by atoms with Gasteiger partial charge in [0.1, 0.15) is 5.75 Å². The second-order valence-electron chi connectivity index (χ2n) is 5.85. The summed E-state index contributed by atoms with van der Waals surface area (Å²) in [6.07, 6.45) is -12.5. The minimum Gasteiger partial charge on any atom is -0.508 e. The van der Waals surface area contributed by atoms with Crippen LogP contribution in [0, 0.1) is 0 Å². The third-order valence-electron chi connectivity index (χ3n) is 3.63. The molecule has 30 heavy (non-hydrogen) atoms. The van der Waals surface area contributed by atoms with E-state index in [0.717, 1.165) is 5.56 Å². The van der Waals surface area contributed by atoms with Crippen molar-refractivity contribution in [3.05, 3.63) is 65.1 Å². The number of hydrogen-bond acceptors (Lipinski definition) is 5. The molecule has 0 amide bonds. The maximum Gasteiger partial charge on any atom is 0.121 e. The van der Waals surface area contributed by atoms with Crippen LogP contribution in [0.2, 0.25) is 0 Å². The molecular weight excluding hydrogens is 378 g/mol. The quantitative estimate of drug-likeness (QED) is 0.320. The minimum absolute atomic E-state index is 0.208. The third-order valence-corrected chi connectivity index (χ3v) is 3.63. The van der Waals surface area contributed by atoms with Crippen molar-refractivity contribution in [2.75, 3.05) is 26.1 Å². The van der Waals surface area contributed by atoms with Crippen LogP contribution in [0.25, 0.3) is 0 Å². The number of ether oxygens (including phenoxy) is 1. The van der Waals surface area contributed by atoms with Crippen molar-refractivity contribution >= 4 is 0 Å². The van der Waals surface area contributed by atoms with Gasteiger partial charge in [-0.25, -0.2) is 0 Å². The van der Waals surface area contributed by atoms with Gasteiger partial charge < -0.3 is 25.4 Å². The summed E-state index contributed by atoms with van der Waals surface area (Å²) in [5.74, 6) is -1.42. The van der Waals surface area contributed by atoms with Crippen molar-refractivity contribution in [1.82, 2.24) is 5.32 Å². The van der Waals surface area contributed by atoms with Gasteiger partial charge in [-0.05, 0) is 61.7 Å². The van der Waals surface area contributed by atoms with E-state index in [1.165, 1.54) is 5.32 Å². The fourth-order valence-electron chi connectivity index (χ4n) is 2.17. The van der Waals surface area contributed by atoms with Gasteiger partial charge in [-0.2, -0.15) is 0 Å². The Balaban J connectivity index is 2.26. The molecule has 0 radical (unpaired) electrons. The number of aryl methyl sites for hydroxylation is 1. The number of nitrogens with one attached hydrogen (secondary N) is 1. The maximum atomic E-state index is 10.9. The van der Waals surface area contributed by atoms with Crippen molar-refractivity contribution < 1.29 is 44.7 Å². The van der Waals surface area contributed by atoms with Crippen LogP contribution in [0.4, 0.5) is 0 Å². The Bertz CT molecular complexity index is 1430. The molecule has 2 rings (SSSR count). The highest BCUT2D eigenvalue weighted by atomic mass is 16.5. The van der Waals surface area contributed by atoms with Crippen LogP contribution in [-0.2, 0) is 17.7 Å². The first-order valence-electron chi connectivity index (χ1n) is 18.2. The van der Waals surface area contributed by atoms with Gasteiger partial charge >= 0.3 is 0 Å². The summed E-state index contributed by atoms with van der Waals surface area (Å²) in [4.78, 5) is 0. The molecule has 0 bridgehead atoms. The highest BCUT2D eigenvalue weighted by molar-refractivity contribution is 5.36. The lowest BCUT2D eigenvalue weighted by atomic mass is 10.1. The highest BCUT2D eigenvalue weighted by Crippen LogP contribution is 2.22. The topological polar surface area (TPSA) is 82.0 Å². The highest BCUT2D eigenvalue weighted by Gasteiger charge is 2.09. The van der Waals surface area contributed by atoms with Gasteiger partial charge in [0.15, 0.2) is 0 Å². The van der Waals surface area contributed by atoms with Gasteiger partial charge in [0.05, 0.1) is 26.3 Å². The molecule has 166 valence electrons. The standard InChI is InChI=1S/C25H37NO4/c27-20-23-18-22(13-14-24(23)28)25(29)19-26-15-7-1-2-8-16-30-17-9-6-12-21-10-4-3-5-11-21/h3-5,10-11,13-14,18,25-29H,1-2,6-9,12,15-17,19-20H2/i7D2,8D2,13D,14D,15D2,16D2,17D2,18D,19D2,20D2,25D. The zero-order chi connectivity index (χ0) is 37.5. The van der Waals surface area contributed by atoms with Gasteiger partial charge in [-0.1, -0.05) is 49.2 Å². The fourth-order valence-corrected chi connectivity index (χ4v) is 2.17. The normalized spacial score (nSPS) is 25.4. The zero-order valence-electron chi connectivity index (χ0n) is 34.2. The molecule has 5 nitrogen and oxygen atoms in total. The van der Waals surface area contributed by atoms with Crippen LogP contribution in [0.1, 0.15) is 85.9 Å². The lowest BCUT2D eigenvalue weighted by molar-refractivity contribution is 0.126. The van der Waals surface area contributed by atoms with Gasteiger partial charge in [0.25, 0.3) is 0 Å². The van der Waals surface area contributed by atoms with Crippen molar-refractivity contribution in [1.29, 1.82) is 0 Å². The minimum atomic E-state index is -3.99. The second kappa shape index (κ2) is 15.0. The zero-order valence-corrected chi connectivity index (χ0v) is 16.2. The molecule has 0 fully saturated rings. The van der Waals surface area contributed by atoms with E-state index >= 15 is 0 Å². The SMILES string of the molecule is [2H]c1c([2H])c(C([2H])(O)C([2H])([2H])NC([2H])([2H])C([2H])([2H])CCC([2H])([2H])C([2H])([2H])OC([2H])([2H])CCCc2ccccc2)c([2H])c(C([2H])([2H])O)c1O. The molecule has 0 saturated heterocycles. The van der Waals surface area contributed by atoms with Gasteiger partial charge in [-0.15, -0.1) is 0 Å². The van der Waals surface area contributed by atoms with E-state index in [9.17, 15) is 15.3 Å². The summed E-state index contributed by atoms with van der Waals surface area (Å²) < 4.78 is 149. The summed E-state index contributed by atoms with van der Waals surface area (Å²) in [7, 11) is 0. The first-order chi connectivity index (χ1) is 21.3. The van der Waals surface area contributed by atoms with Crippen LogP contribution in [0.5, 0.6) is 5.75 Å². The Labute approximate surface area is 206 Å². The summed E-state index contributed by atoms with van der Waals surface area (Å²) in [6.45, 7) is -17.1. The van der Waals surface area contributed by atoms with E-state index in [2.05, 4.69) is 0 Å². The molecule has 0 spiro atoms. The van der Waals surface area contributed by atoms with E-state index < -0.39 is 99.3 Å². The fraction of sp³-hybridized carbons (Fsp3) is 0.520. The van der Waals surface area contributed by atoms with Crippen LogP contribution in [0.3, 0.4) is 0 Å². The summed E-state index contributed by atoms with van der Waals surface area (Å²) >= 11 is 0. The number of hydrogen-bond donors (Lipinski definition) is 4.